The molecule has 18 heavy (non-hydrogen) atoms. The number of hydrogen-bond acceptors (Lipinski definition) is 4. The number of ether oxygens (including phenoxy) is 2. The molecule has 1 N–H and O–H groups in total. The van der Waals surface area contributed by atoms with Crippen LogP contribution in [0.5, 0.6) is 11.5 Å². The van der Waals surface area contributed by atoms with Crippen LogP contribution in [0.1, 0.15) is 11.1 Å². The first kappa shape index (κ1) is 12.3. The van der Waals surface area contributed by atoms with E-state index in [0.29, 0.717) is 6.79 Å². The fraction of sp³-hybridized carbons (Fsp3) is 0.538. The number of benzene rings is 1. The highest BCUT2D eigenvalue weighted by Gasteiger charge is 2.23. The van der Waals surface area contributed by atoms with Crippen LogP contribution in [-0.4, -0.2) is 37.9 Å². The maximum atomic E-state index is 5.62. The van der Waals surface area contributed by atoms with E-state index in [4.69, 9.17) is 9.47 Å². The molecule has 3 rings (SSSR count). The quantitative estimate of drug-likeness (QED) is 0.904. The molecule has 1 aromatic rings. The van der Waals surface area contributed by atoms with Crippen molar-refractivity contribution in [2.45, 2.75) is 13.5 Å². The third-order valence-corrected chi connectivity index (χ3v) is 4.40. The van der Waals surface area contributed by atoms with E-state index >= 15 is 0 Å². The third kappa shape index (κ3) is 2.22. The Kier molecular flexibility index (Phi) is 3.46. The second-order valence-corrected chi connectivity index (χ2v) is 5.58. The molecule has 5 heteroatoms. The summed E-state index contributed by atoms with van der Waals surface area (Å²) in [7, 11) is 0. The molecular weight excluding hydrogens is 296 g/mol. The highest BCUT2D eigenvalue weighted by molar-refractivity contribution is 9.10. The van der Waals surface area contributed by atoms with Gasteiger partial charge < -0.3 is 14.8 Å². The van der Waals surface area contributed by atoms with Crippen LogP contribution in [0.2, 0.25) is 0 Å². The van der Waals surface area contributed by atoms with E-state index in [9.17, 15) is 0 Å². The van der Waals surface area contributed by atoms with Gasteiger partial charge >= 0.3 is 0 Å². The molecule has 98 valence electrons. The van der Waals surface area contributed by atoms with Crippen molar-refractivity contribution in [1.82, 2.24) is 10.2 Å². The van der Waals surface area contributed by atoms with Crippen molar-refractivity contribution in [2.24, 2.45) is 0 Å². The molecule has 0 aromatic heterocycles. The van der Waals surface area contributed by atoms with E-state index < -0.39 is 0 Å². The zero-order valence-corrected chi connectivity index (χ0v) is 12.0. The fourth-order valence-corrected chi connectivity index (χ4v) is 2.90. The molecule has 0 amide bonds. The Hall–Kier alpha value is -0.780. The molecule has 2 aliphatic rings. The number of hydrogen-bond donors (Lipinski definition) is 1. The second-order valence-electron chi connectivity index (χ2n) is 4.72. The lowest BCUT2D eigenvalue weighted by Gasteiger charge is -2.28. The molecule has 2 aliphatic heterocycles. The summed E-state index contributed by atoms with van der Waals surface area (Å²) in [6, 6.07) is 2.00. The first-order chi connectivity index (χ1) is 8.75. The molecule has 1 aromatic carbocycles. The molecular formula is C13H17BrN2O2. The third-order valence-electron chi connectivity index (χ3n) is 3.58. The van der Waals surface area contributed by atoms with Crippen LogP contribution in [0.15, 0.2) is 10.5 Å². The van der Waals surface area contributed by atoms with Crippen molar-refractivity contribution in [3.63, 3.8) is 0 Å². The van der Waals surface area contributed by atoms with Crippen LogP contribution < -0.4 is 14.8 Å². The molecule has 0 unspecified atom stereocenters. The zero-order valence-electron chi connectivity index (χ0n) is 10.5. The predicted molar refractivity (Wildman–Crippen MR) is 73.1 cm³/mol. The molecule has 1 fully saturated rings. The fourth-order valence-electron chi connectivity index (χ4n) is 2.45. The minimum Gasteiger partial charge on any atom is -0.454 e. The Morgan fingerprint density at radius 2 is 2.11 bits per heavy atom. The Labute approximate surface area is 115 Å². The maximum absolute atomic E-state index is 5.62. The lowest BCUT2D eigenvalue weighted by molar-refractivity contribution is 0.171. The first-order valence-electron chi connectivity index (χ1n) is 6.26. The number of piperazine rings is 1. The Balaban J connectivity index is 1.90. The van der Waals surface area contributed by atoms with Crippen LogP contribution in [0.3, 0.4) is 0 Å². The summed E-state index contributed by atoms with van der Waals surface area (Å²) in [4.78, 5) is 2.45. The minimum absolute atomic E-state index is 0.333. The Morgan fingerprint density at radius 3 is 2.89 bits per heavy atom. The monoisotopic (exact) mass is 312 g/mol. The van der Waals surface area contributed by atoms with Crippen LogP contribution in [0.4, 0.5) is 0 Å². The van der Waals surface area contributed by atoms with Gasteiger partial charge in [-0.15, -0.1) is 0 Å². The zero-order chi connectivity index (χ0) is 12.5. The number of nitrogens with one attached hydrogen (secondary N) is 1. The molecule has 1 saturated heterocycles. The standard InChI is InChI=1S/C13H17BrN2O2/c1-9-10(7-16-4-2-15-3-5-16)13-12(6-11(9)14)17-8-18-13/h6,15H,2-5,7-8H2,1H3. The molecule has 0 spiro atoms. The lowest BCUT2D eigenvalue weighted by atomic mass is 10.1. The Bertz CT molecular complexity index is 459. The number of rotatable bonds is 2. The molecule has 0 radical (unpaired) electrons. The summed E-state index contributed by atoms with van der Waals surface area (Å²) in [5.74, 6) is 1.78. The van der Waals surface area contributed by atoms with E-state index in [2.05, 4.69) is 33.1 Å². The van der Waals surface area contributed by atoms with Gasteiger partial charge in [0.2, 0.25) is 6.79 Å². The molecule has 4 nitrogen and oxygen atoms in total. The van der Waals surface area contributed by atoms with Crippen molar-refractivity contribution in [3.8, 4) is 11.5 Å². The van der Waals surface area contributed by atoms with Crippen molar-refractivity contribution in [3.05, 3.63) is 21.7 Å². The van der Waals surface area contributed by atoms with Gasteiger partial charge in [-0.2, -0.15) is 0 Å². The highest BCUT2D eigenvalue weighted by Crippen LogP contribution is 2.41. The van der Waals surface area contributed by atoms with Gasteiger partial charge in [-0.05, 0) is 18.6 Å². The van der Waals surface area contributed by atoms with Gasteiger partial charge in [0.25, 0.3) is 0 Å². The van der Waals surface area contributed by atoms with Crippen LogP contribution in [0.25, 0.3) is 0 Å². The van der Waals surface area contributed by atoms with Crippen LogP contribution in [-0.2, 0) is 6.54 Å². The SMILES string of the molecule is Cc1c(Br)cc2c(c1CN1CCNCC1)OCO2. The normalized spacial score (nSPS) is 19.2. The lowest BCUT2D eigenvalue weighted by Crippen LogP contribution is -2.43. The smallest absolute Gasteiger partial charge is 0.231 e. The predicted octanol–water partition coefficient (Wildman–Crippen LogP) is 1.89. The minimum atomic E-state index is 0.333. The number of fused-ring (bicyclic) bond motifs is 1. The van der Waals surface area contributed by atoms with Gasteiger partial charge in [-0.25, -0.2) is 0 Å². The Morgan fingerprint density at radius 1 is 1.33 bits per heavy atom. The van der Waals surface area contributed by atoms with Crippen molar-refractivity contribution >= 4 is 15.9 Å². The summed E-state index contributed by atoms with van der Waals surface area (Å²) in [6.07, 6.45) is 0. The van der Waals surface area contributed by atoms with Crippen molar-refractivity contribution in [1.29, 1.82) is 0 Å². The van der Waals surface area contributed by atoms with Gasteiger partial charge in [-0.1, -0.05) is 15.9 Å². The van der Waals surface area contributed by atoms with E-state index in [1.54, 1.807) is 0 Å². The van der Waals surface area contributed by atoms with Gasteiger partial charge in [-0.3, -0.25) is 4.90 Å². The van der Waals surface area contributed by atoms with Gasteiger partial charge in [0, 0.05) is 42.8 Å². The van der Waals surface area contributed by atoms with Crippen molar-refractivity contribution in [2.75, 3.05) is 33.0 Å². The number of halogens is 1. The van der Waals surface area contributed by atoms with Crippen LogP contribution in [0, 0.1) is 6.92 Å². The first-order valence-corrected chi connectivity index (χ1v) is 7.05. The molecule has 0 bridgehead atoms. The average molecular weight is 313 g/mol. The molecule has 0 atom stereocenters. The number of nitrogens with zero attached hydrogens (tertiary/aromatic N) is 1. The summed E-state index contributed by atoms with van der Waals surface area (Å²) in [5.41, 5.74) is 2.50. The topological polar surface area (TPSA) is 33.7 Å². The van der Waals surface area contributed by atoms with E-state index in [-0.39, 0.29) is 0 Å². The summed E-state index contributed by atoms with van der Waals surface area (Å²) in [5, 5.41) is 3.37. The highest BCUT2D eigenvalue weighted by atomic mass is 79.9. The maximum Gasteiger partial charge on any atom is 0.231 e. The van der Waals surface area contributed by atoms with Gasteiger partial charge in [0.05, 0.1) is 0 Å². The summed E-state index contributed by atoms with van der Waals surface area (Å²) >= 11 is 3.60. The summed E-state index contributed by atoms with van der Waals surface area (Å²) < 4.78 is 12.2. The molecule has 0 aliphatic carbocycles. The average Bonchev–Trinajstić information content (AvgIpc) is 2.84. The van der Waals surface area contributed by atoms with E-state index in [0.717, 1.165) is 48.7 Å². The van der Waals surface area contributed by atoms with E-state index in [1.807, 2.05) is 6.07 Å². The van der Waals surface area contributed by atoms with Gasteiger partial charge in [0.15, 0.2) is 11.5 Å². The molecule has 0 saturated carbocycles. The largest absolute Gasteiger partial charge is 0.454 e. The van der Waals surface area contributed by atoms with Gasteiger partial charge in [0.1, 0.15) is 0 Å². The molecule has 2 heterocycles. The summed E-state index contributed by atoms with van der Waals surface area (Å²) in [6.45, 7) is 7.68. The van der Waals surface area contributed by atoms with Crippen LogP contribution >= 0.6 is 15.9 Å². The van der Waals surface area contributed by atoms with E-state index in [1.165, 1.54) is 11.1 Å². The second kappa shape index (κ2) is 5.07. The van der Waals surface area contributed by atoms with Crippen molar-refractivity contribution < 1.29 is 9.47 Å².